The number of fused-ring (bicyclic) bond motifs is 5. The first-order chi connectivity index (χ1) is 23.9. The number of nitrogens with zero attached hydrogens (tertiary/aromatic N) is 1. The Kier molecular flexibility index (Phi) is 7.02. The lowest BCUT2D eigenvalue weighted by molar-refractivity contribution is 0.0867. The molecule has 5 atom stereocenters. The van der Waals surface area contributed by atoms with E-state index < -0.39 is 68.5 Å². The van der Waals surface area contributed by atoms with Crippen LogP contribution in [0.25, 0.3) is 0 Å². The molecule has 1 unspecified atom stereocenters. The van der Waals surface area contributed by atoms with Crippen molar-refractivity contribution in [3.8, 4) is 29.4 Å². The standard InChI is InChI=1S/C37H28N2O10S/c1-20(40)36-28-11-7-2-3-8-12-29(42)37(36,49-36)26-17-27(41)30-31(32(26)38-28)34(44)25-16-22-19-39(18-21(22)15-24(25)33(30)43)35(45)48-13-14-50(46,47)23-9-5-4-6-10-23/h2-6,9-10,15-17,20,28-29,38,40-42H,13-14,18-19H2,1H3/b3-2-/t20-,28+,29-,36?,37+/m1/s1. The predicted octanol–water partition coefficient (Wildman–Crippen LogP) is 2.17. The molecule has 5 aliphatic rings. The summed E-state index contributed by atoms with van der Waals surface area (Å²) >= 11 is 0. The number of hydrogen-bond acceptors (Lipinski definition) is 11. The van der Waals surface area contributed by atoms with Gasteiger partial charge in [-0.05, 0) is 60.5 Å². The Hall–Kier alpha value is -5.44. The van der Waals surface area contributed by atoms with Gasteiger partial charge in [0.1, 0.15) is 18.4 Å². The summed E-state index contributed by atoms with van der Waals surface area (Å²) in [7, 11) is -3.66. The van der Waals surface area contributed by atoms with Gasteiger partial charge in [-0.25, -0.2) is 13.2 Å². The number of aliphatic hydroxyl groups is 2. The minimum atomic E-state index is -3.66. The highest BCUT2D eigenvalue weighted by atomic mass is 32.2. The van der Waals surface area contributed by atoms with Gasteiger partial charge in [0.15, 0.2) is 38.7 Å². The topological polar surface area (TPSA) is 183 Å². The molecule has 1 saturated heterocycles. The average Bonchev–Trinajstić information content (AvgIpc) is 3.68. The molecule has 3 heterocycles. The summed E-state index contributed by atoms with van der Waals surface area (Å²) in [5.74, 6) is 9.08. The number of aliphatic hydroxyl groups excluding tert-OH is 2. The van der Waals surface area contributed by atoms with Crippen molar-refractivity contribution in [2.75, 3.05) is 17.7 Å². The van der Waals surface area contributed by atoms with Crippen molar-refractivity contribution < 1.29 is 47.6 Å². The molecule has 0 aromatic heterocycles. The first kappa shape index (κ1) is 31.8. The number of benzene rings is 3. The molecule has 4 N–H and O–H groups in total. The van der Waals surface area contributed by atoms with E-state index in [1.165, 1.54) is 54.3 Å². The van der Waals surface area contributed by atoms with Crippen LogP contribution in [0, 0.1) is 23.7 Å². The van der Waals surface area contributed by atoms with E-state index in [-0.39, 0.29) is 58.1 Å². The van der Waals surface area contributed by atoms with Crippen molar-refractivity contribution in [1.82, 2.24) is 4.90 Å². The quantitative estimate of drug-likeness (QED) is 0.137. The second-order valence-electron chi connectivity index (χ2n) is 12.7. The molecule has 0 spiro atoms. The van der Waals surface area contributed by atoms with E-state index in [0.29, 0.717) is 11.1 Å². The highest BCUT2D eigenvalue weighted by Crippen LogP contribution is 2.67. The number of carbonyl (C=O) groups is 3. The first-order valence-electron chi connectivity index (χ1n) is 15.8. The molecule has 2 bridgehead atoms. The maximum absolute atomic E-state index is 14.4. The van der Waals surface area contributed by atoms with Crippen LogP contribution in [0.5, 0.6) is 5.75 Å². The molecule has 13 heteroatoms. The SMILES string of the molecule is C[C@@H](O)C12O[C@]13c1cc(O)c4c(c1N[C@H]2C#C/C=C\C#C[C@H]3O)C(=O)c1cc2c(cc1C4=O)CN(C(=O)OCCS(=O)(=O)c1ccccc1)C2. The zero-order valence-electron chi connectivity index (χ0n) is 26.4. The fourth-order valence-corrected chi connectivity index (χ4v) is 8.65. The molecule has 8 rings (SSSR count). The smallest absolute Gasteiger partial charge is 0.410 e. The number of phenols is 1. The van der Waals surface area contributed by atoms with Crippen molar-refractivity contribution in [2.45, 2.75) is 54.4 Å². The van der Waals surface area contributed by atoms with E-state index in [2.05, 4.69) is 29.0 Å². The number of anilines is 1. The molecule has 3 aromatic rings. The Balaban J connectivity index is 1.11. The van der Waals surface area contributed by atoms with Gasteiger partial charge in [-0.15, -0.1) is 0 Å². The van der Waals surface area contributed by atoms with E-state index in [0.717, 1.165) is 0 Å². The van der Waals surface area contributed by atoms with E-state index in [9.17, 15) is 38.1 Å². The largest absolute Gasteiger partial charge is 0.507 e. The number of epoxide rings is 1. The molecule has 3 aromatic carbocycles. The number of ketones is 2. The summed E-state index contributed by atoms with van der Waals surface area (Å²) < 4.78 is 36.7. The molecule has 0 saturated carbocycles. The lowest BCUT2D eigenvalue weighted by Gasteiger charge is -2.37. The predicted molar refractivity (Wildman–Crippen MR) is 176 cm³/mol. The zero-order valence-corrected chi connectivity index (χ0v) is 27.2. The molecule has 1 amide bonds. The Labute approximate surface area is 286 Å². The van der Waals surface area contributed by atoms with Gasteiger partial charge in [0.05, 0.1) is 33.6 Å². The van der Waals surface area contributed by atoms with E-state index in [4.69, 9.17) is 9.47 Å². The van der Waals surface area contributed by atoms with Crippen molar-refractivity contribution in [3.05, 3.63) is 99.6 Å². The van der Waals surface area contributed by atoms with Gasteiger partial charge >= 0.3 is 6.09 Å². The molecule has 0 radical (unpaired) electrons. The van der Waals surface area contributed by atoms with Crippen LogP contribution in [0.4, 0.5) is 10.5 Å². The minimum Gasteiger partial charge on any atom is -0.507 e. The number of hydrogen-bond donors (Lipinski definition) is 4. The van der Waals surface area contributed by atoms with Crippen LogP contribution in [0.2, 0.25) is 0 Å². The molecule has 2 aliphatic carbocycles. The van der Waals surface area contributed by atoms with Crippen molar-refractivity contribution in [2.24, 2.45) is 0 Å². The molecular weight excluding hydrogens is 664 g/mol. The van der Waals surface area contributed by atoms with Gasteiger partial charge in [-0.3, -0.25) is 14.5 Å². The Bertz CT molecular complexity index is 2330. The van der Waals surface area contributed by atoms with Crippen molar-refractivity contribution in [3.63, 3.8) is 0 Å². The first-order valence-corrected chi connectivity index (χ1v) is 17.4. The highest BCUT2D eigenvalue weighted by Gasteiger charge is 2.82. The minimum absolute atomic E-state index is 0.0361. The molecule has 12 nitrogen and oxygen atoms in total. The lowest BCUT2D eigenvalue weighted by Crippen LogP contribution is -2.54. The van der Waals surface area contributed by atoms with Gasteiger partial charge < -0.3 is 30.1 Å². The summed E-state index contributed by atoms with van der Waals surface area (Å²) in [6, 6.07) is 11.2. The van der Waals surface area contributed by atoms with Gasteiger partial charge in [0.2, 0.25) is 0 Å². The van der Waals surface area contributed by atoms with Crippen molar-refractivity contribution in [1.29, 1.82) is 0 Å². The summed E-state index contributed by atoms with van der Waals surface area (Å²) in [6.45, 7) is 1.21. The Morgan fingerprint density at radius 1 is 1.04 bits per heavy atom. The van der Waals surface area contributed by atoms with E-state index in [1.807, 2.05) is 0 Å². The molecular formula is C37H28N2O10S. The summed E-state index contributed by atoms with van der Waals surface area (Å²) in [5, 5.41) is 36.8. The fraction of sp³-hybridized carbons (Fsp3) is 0.270. The number of carbonyl (C=O) groups excluding carboxylic acids is 3. The monoisotopic (exact) mass is 692 g/mol. The van der Waals surface area contributed by atoms with E-state index in [1.54, 1.807) is 18.2 Å². The van der Waals surface area contributed by atoms with Crippen LogP contribution in [0.15, 0.2) is 65.6 Å². The second-order valence-corrected chi connectivity index (χ2v) is 14.8. The van der Waals surface area contributed by atoms with Crippen LogP contribution in [0.3, 0.4) is 0 Å². The fourth-order valence-electron chi connectivity index (χ4n) is 7.54. The number of sulfone groups is 1. The molecule has 50 heavy (non-hydrogen) atoms. The maximum atomic E-state index is 14.4. The lowest BCUT2D eigenvalue weighted by atomic mass is 9.69. The number of rotatable bonds is 5. The molecule has 252 valence electrons. The van der Waals surface area contributed by atoms with Crippen LogP contribution in [0.1, 0.15) is 55.5 Å². The van der Waals surface area contributed by atoms with Gasteiger partial charge in [-0.2, -0.15) is 0 Å². The van der Waals surface area contributed by atoms with Crippen LogP contribution >= 0.6 is 0 Å². The summed E-state index contributed by atoms with van der Waals surface area (Å²) in [5.41, 5.74) is -2.04. The summed E-state index contributed by atoms with van der Waals surface area (Å²) in [4.78, 5) is 42.8. The van der Waals surface area contributed by atoms with E-state index >= 15 is 0 Å². The average molecular weight is 693 g/mol. The van der Waals surface area contributed by atoms with Gasteiger partial charge in [-0.1, -0.05) is 41.9 Å². The normalized spacial score (nSPS) is 26.2. The van der Waals surface area contributed by atoms with Crippen LogP contribution < -0.4 is 5.32 Å². The Morgan fingerprint density at radius 3 is 2.34 bits per heavy atom. The number of ether oxygens (including phenoxy) is 2. The number of aromatic hydroxyl groups is 1. The summed E-state index contributed by atoms with van der Waals surface area (Å²) in [6.07, 6.45) is -0.501. The van der Waals surface area contributed by atoms with Crippen LogP contribution in [-0.2, 0) is 38.0 Å². The number of allylic oxidation sites excluding steroid dienone is 2. The highest BCUT2D eigenvalue weighted by molar-refractivity contribution is 7.91. The number of phenolic OH excluding ortho intramolecular Hbond substituents is 1. The molecule has 3 aliphatic heterocycles. The second kappa shape index (κ2) is 11.0. The third-order valence-electron chi connectivity index (χ3n) is 9.94. The number of nitrogens with one attached hydrogen (secondary N) is 1. The number of amides is 1. The van der Waals surface area contributed by atoms with Gasteiger partial charge in [0, 0.05) is 29.8 Å². The van der Waals surface area contributed by atoms with Gasteiger partial charge in [0.25, 0.3) is 0 Å². The zero-order chi connectivity index (χ0) is 35.2. The van der Waals surface area contributed by atoms with Crippen LogP contribution in [-0.4, -0.2) is 82.5 Å². The Morgan fingerprint density at radius 2 is 1.68 bits per heavy atom. The maximum Gasteiger partial charge on any atom is 0.410 e. The third kappa shape index (κ3) is 4.38. The third-order valence-corrected chi connectivity index (χ3v) is 11.6. The molecule has 1 fully saturated rings. The van der Waals surface area contributed by atoms with Crippen molar-refractivity contribution >= 4 is 33.2 Å².